The van der Waals surface area contributed by atoms with Gasteiger partial charge in [-0.3, -0.25) is 4.79 Å². The van der Waals surface area contributed by atoms with E-state index in [0.29, 0.717) is 37.5 Å². The van der Waals surface area contributed by atoms with Crippen LogP contribution in [0.2, 0.25) is 5.02 Å². The van der Waals surface area contributed by atoms with Crippen molar-refractivity contribution in [3.05, 3.63) is 29.3 Å². The van der Waals surface area contributed by atoms with E-state index in [2.05, 4.69) is 26.1 Å². The van der Waals surface area contributed by atoms with Gasteiger partial charge < -0.3 is 5.32 Å². The Morgan fingerprint density at radius 2 is 1.75 bits per heavy atom. The molecule has 0 radical (unpaired) electrons. The van der Waals surface area contributed by atoms with Crippen LogP contribution in [0.15, 0.2) is 29.2 Å². The Morgan fingerprint density at radius 1 is 1.21 bits per heavy atom. The molecule has 1 aliphatic rings. The molecule has 1 aromatic rings. The summed E-state index contributed by atoms with van der Waals surface area (Å²) in [5, 5.41) is 3.47. The van der Waals surface area contributed by atoms with E-state index < -0.39 is 10.0 Å². The minimum atomic E-state index is -3.52. The van der Waals surface area contributed by atoms with Crippen LogP contribution < -0.4 is 5.32 Å². The quantitative estimate of drug-likeness (QED) is 0.883. The summed E-state index contributed by atoms with van der Waals surface area (Å²) in [5.74, 6) is -0.0996. The molecule has 0 aromatic heterocycles. The smallest absolute Gasteiger partial charge is 0.243 e. The highest BCUT2D eigenvalue weighted by Gasteiger charge is 2.32. The summed E-state index contributed by atoms with van der Waals surface area (Å²) >= 11 is 5.81. The standard InChI is InChI=1S/C17H25ClN2O3S/c1-17(2,3)12-19-16(21)13-8-10-20(11-9-13)24(22,23)15-6-4-14(18)5-7-15/h4-7,13H,8-12H2,1-3H3,(H,19,21). The van der Waals surface area contributed by atoms with Gasteiger partial charge in [-0.25, -0.2) is 8.42 Å². The maximum absolute atomic E-state index is 12.6. The Balaban J connectivity index is 1.94. The van der Waals surface area contributed by atoms with Gasteiger partial charge in [0.25, 0.3) is 0 Å². The van der Waals surface area contributed by atoms with Gasteiger partial charge in [0.2, 0.25) is 15.9 Å². The number of rotatable bonds is 4. The third-order valence-corrected chi connectivity index (χ3v) is 6.23. The van der Waals surface area contributed by atoms with E-state index in [-0.39, 0.29) is 22.1 Å². The van der Waals surface area contributed by atoms with Crippen molar-refractivity contribution in [2.75, 3.05) is 19.6 Å². The molecule has 0 unspecified atom stereocenters. The fourth-order valence-electron chi connectivity index (χ4n) is 2.61. The zero-order chi connectivity index (χ0) is 18.0. The monoisotopic (exact) mass is 372 g/mol. The minimum Gasteiger partial charge on any atom is -0.355 e. The van der Waals surface area contributed by atoms with Crippen LogP contribution in [0.3, 0.4) is 0 Å². The average Bonchev–Trinajstić information content (AvgIpc) is 2.52. The number of piperidine rings is 1. The largest absolute Gasteiger partial charge is 0.355 e. The second-order valence-corrected chi connectivity index (χ2v) is 9.79. The van der Waals surface area contributed by atoms with Gasteiger partial charge in [0.15, 0.2) is 0 Å². The second kappa shape index (κ2) is 7.42. The normalized spacial score (nSPS) is 17.7. The first-order valence-electron chi connectivity index (χ1n) is 8.13. The van der Waals surface area contributed by atoms with Crippen LogP contribution in [-0.4, -0.2) is 38.3 Å². The number of carbonyl (C=O) groups excluding carboxylic acids is 1. The van der Waals surface area contributed by atoms with Crippen molar-refractivity contribution in [2.45, 2.75) is 38.5 Å². The molecule has 134 valence electrons. The number of hydrogen-bond acceptors (Lipinski definition) is 3. The zero-order valence-electron chi connectivity index (χ0n) is 14.4. The maximum atomic E-state index is 12.6. The van der Waals surface area contributed by atoms with E-state index >= 15 is 0 Å². The molecule has 1 fully saturated rings. The highest BCUT2D eigenvalue weighted by atomic mass is 35.5. The number of halogens is 1. The number of nitrogens with one attached hydrogen (secondary N) is 1. The molecule has 1 N–H and O–H groups in total. The van der Waals surface area contributed by atoms with E-state index in [1.807, 2.05) is 0 Å². The Morgan fingerprint density at radius 3 is 2.25 bits per heavy atom. The number of carbonyl (C=O) groups is 1. The molecule has 24 heavy (non-hydrogen) atoms. The second-order valence-electron chi connectivity index (χ2n) is 7.41. The van der Waals surface area contributed by atoms with Crippen molar-refractivity contribution in [2.24, 2.45) is 11.3 Å². The average molecular weight is 373 g/mol. The van der Waals surface area contributed by atoms with E-state index in [1.165, 1.54) is 16.4 Å². The first-order valence-corrected chi connectivity index (χ1v) is 9.95. The van der Waals surface area contributed by atoms with Crippen LogP contribution in [0.25, 0.3) is 0 Å². The van der Waals surface area contributed by atoms with Crippen molar-refractivity contribution in [1.82, 2.24) is 9.62 Å². The number of benzene rings is 1. The molecule has 0 bridgehead atoms. The van der Waals surface area contributed by atoms with Crippen molar-refractivity contribution in [3.8, 4) is 0 Å². The summed E-state index contributed by atoms with van der Waals surface area (Å²) < 4.78 is 26.7. The van der Waals surface area contributed by atoms with Crippen LogP contribution in [0.1, 0.15) is 33.6 Å². The lowest BCUT2D eigenvalue weighted by Crippen LogP contribution is -2.44. The third-order valence-electron chi connectivity index (χ3n) is 4.07. The van der Waals surface area contributed by atoms with Crippen molar-refractivity contribution in [3.63, 3.8) is 0 Å². The molecule has 0 aliphatic carbocycles. The Labute approximate surface area is 149 Å². The van der Waals surface area contributed by atoms with Gasteiger partial charge in [-0.2, -0.15) is 4.31 Å². The molecule has 2 rings (SSSR count). The summed E-state index contributed by atoms with van der Waals surface area (Å²) in [6.07, 6.45) is 1.09. The fourth-order valence-corrected chi connectivity index (χ4v) is 4.21. The number of hydrogen-bond donors (Lipinski definition) is 1. The van der Waals surface area contributed by atoms with E-state index in [0.717, 1.165) is 0 Å². The first kappa shape index (κ1) is 19.2. The predicted octanol–water partition coefficient (Wildman–Crippen LogP) is 2.90. The predicted molar refractivity (Wildman–Crippen MR) is 95.4 cm³/mol. The summed E-state index contributed by atoms with van der Waals surface area (Å²) in [6, 6.07) is 6.17. The molecule has 5 nitrogen and oxygen atoms in total. The molecular weight excluding hydrogens is 348 g/mol. The number of nitrogens with zero attached hydrogens (tertiary/aromatic N) is 1. The van der Waals surface area contributed by atoms with E-state index in [4.69, 9.17) is 11.6 Å². The van der Waals surface area contributed by atoms with Gasteiger partial charge in [0.1, 0.15) is 0 Å². The van der Waals surface area contributed by atoms with Crippen molar-refractivity contribution < 1.29 is 13.2 Å². The molecule has 1 aromatic carbocycles. The third kappa shape index (κ3) is 4.94. The van der Waals surface area contributed by atoms with E-state index in [1.54, 1.807) is 12.1 Å². The summed E-state index contributed by atoms with van der Waals surface area (Å²) in [7, 11) is -3.52. The van der Waals surface area contributed by atoms with Crippen LogP contribution in [-0.2, 0) is 14.8 Å². The van der Waals surface area contributed by atoms with Gasteiger partial charge in [-0.15, -0.1) is 0 Å². The van der Waals surface area contributed by atoms with Gasteiger partial charge in [0, 0.05) is 30.6 Å². The van der Waals surface area contributed by atoms with Gasteiger partial charge in [0.05, 0.1) is 4.90 Å². The molecule has 1 aliphatic heterocycles. The fraction of sp³-hybridized carbons (Fsp3) is 0.588. The molecule has 7 heteroatoms. The molecule has 0 saturated carbocycles. The summed E-state index contributed by atoms with van der Waals surface area (Å²) in [4.78, 5) is 12.5. The van der Waals surface area contributed by atoms with Gasteiger partial charge in [-0.1, -0.05) is 32.4 Å². The van der Waals surface area contributed by atoms with Crippen molar-refractivity contribution in [1.29, 1.82) is 0 Å². The van der Waals surface area contributed by atoms with E-state index in [9.17, 15) is 13.2 Å². The van der Waals surface area contributed by atoms with Gasteiger partial charge in [-0.05, 0) is 42.5 Å². The Kier molecular flexibility index (Phi) is 5.94. The molecule has 0 atom stereocenters. The first-order chi connectivity index (χ1) is 11.1. The lowest BCUT2D eigenvalue weighted by molar-refractivity contribution is -0.126. The summed E-state index contributed by atoms with van der Waals surface area (Å²) in [5.41, 5.74) is 0.0360. The maximum Gasteiger partial charge on any atom is 0.243 e. The number of amides is 1. The van der Waals surface area contributed by atoms with Crippen LogP contribution in [0.4, 0.5) is 0 Å². The highest BCUT2D eigenvalue weighted by Crippen LogP contribution is 2.25. The highest BCUT2D eigenvalue weighted by molar-refractivity contribution is 7.89. The SMILES string of the molecule is CC(C)(C)CNC(=O)C1CCN(S(=O)(=O)c2ccc(Cl)cc2)CC1. The number of sulfonamides is 1. The molecule has 1 saturated heterocycles. The Bertz CT molecular complexity index is 673. The summed E-state index contributed by atoms with van der Waals surface area (Å²) in [6.45, 7) is 7.53. The molecule has 1 amide bonds. The molecule has 1 heterocycles. The lowest BCUT2D eigenvalue weighted by Gasteiger charge is -2.31. The topological polar surface area (TPSA) is 66.5 Å². The molecule has 0 spiro atoms. The van der Waals surface area contributed by atoms with Crippen LogP contribution in [0.5, 0.6) is 0 Å². The Hall–Kier alpha value is -1.11. The van der Waals surface area contributed by atoms with Crippen LogP contribution >= 0.6 is 11.6 Å². The van der Waals surface area contributed by atoms with Gasteiger partial charge >= 0.3 is 0 Å². The zero-order valence-corrected chi connectivity index (χ0v) is 16.0. The van der Waals surface area contributed by atoms with Crippen molar-refractivity contribution >= 4 is 27.5 Å². The van der Waals surface area contributed by atoms with Crippen LogP contribution in [0, 0.1) is 11.3 Å². The minimum absolute atomic E-state index is 0.0217. The lowest BCUT2D eigenvalue weighted by atomic mass is 9.94. The molecular formula is C17H25ClN2O3S.